The highest BCUT2D eigenvalue weighted by Crippen LogP contribution is 2.35. The fourth-order valence-corrected chi connectivity index (χ4v) is 2.68. The molecule has 1 heterocycles. The molecule has 0 aliphatic rings. The summed E-state index contributed by atoms with van der Waals surface area (Å²) in [5.41, 5.74) is 0.368. The average Bonchev–Trinajstić information content (AvgIpc) is 2.69. The van der Waals surface area contributed by atoms with E-state index < -0.39 is 11.5 Å². The highest BCUT2D eigenvalue weighted by atomic mass is 35.5. The molecule has 0 aliphatic heterocycles. The van der Waals surface area contributed by atoms with Crippen LogP contribution in [0.1, 0.15) is 10.4 Å². The van der Waals surface area contributed by atoms with Crippen LogP contribution in [0.4, 0.5) is 5.69 Å². The summed E-state index contributed by atoms with van der Waals surface area (Å²) >= 11 is 6.05. The third kappa shape index (κ3) is 3.93. The summed E-state index contributed by atoms with van der Waals surface area (Å²) in [5.74, 6) is 0.438. The fraction of sp³-hybridized carbons (Fsp3) is 0.105. The van der Waals surface area contributed by atoms with Gasteiger partial charge < -0.3 is 19.8 Å². The van der Waals surface area contributed by atoms with Crippen LogP contribution in [-0.4, -0.2) is 30.1 Å². The number of nitrogens with zero attached hydrogens (tertiary/aromatic N) is 1. The Labute approximate surface area is 159 Å². The van der Waals surface area contributed by atoms with Gasteiger partial charge in [0.05, 0.1) is 24.9 Å². The molecule has 0 aliphatic carbocycles. The average molecular weight is 386 g/mol. The van der Waals surface area contributed by atoms with E-state index >= 15 is 0 Å². The molecular weight excluding hydrogens is 370 g/mol. The number of anilines is 1. The van der Waals surface area contributed by atoms with Crippen molar-refractivity contribution in [2.75, 3.05) is 19.5 Å². The largest absolute Gasteiger partial charge is 0.495 e. The lowest BCUT2D eigenvalue weighted by Crippen LogP contribution is -2.24. The first kappa shape index (κ1) is 18.5. The number of halogens is 1. The van der Waals surface area contributed by atoms with Crippen molar-refractivity contribution in [3.63, 3.8) is 0 Å². The van der Waals surface area contributed by atoms with Crippen molar-refractivity contribution >= 4 is 23.2 Å². The maximum Gasteiger partial charge on any atom is 0.264 e. The summed E-state index contributed by atoms with van der Waals surface area (Å²) in [6, 6.07) is 12.2. The Morgan fingerprint density at radius 3 is 2.44 bits per heavy atom. The predicted molar refractivity (Wildman–Crippen MR) is 103 cm³/mol. The van der Waals surface area contributed by atoms with Crippen LogP contribution < -0.4 is 20.3 Å². The second-order valence-corrected chi connectivity index (χ2v) is 5.89. The van der Waals surface area contributed by atoms with E-state index in [1.54, 1.807) is 0 Å². The standard InChI is InChI=1S/C19H16ClN3O4/c1-26-15-9-14(16(27-2)8-13(15)20)22-18(24)12-10-21-17(23-19(12)25)11-6-4-3-5-7-11/h3-10H,1-2H3,(H,22,24)(H,21,23,25). The van der Waals surface area contributed by atoms with Crippen molar-refractivity contribution < 1.29 is 14.3 Å². The first-order valence-electron chi connectivity index (χ1n) is 7.91. The fourth-order valence-electron chi connectivity index (χ4n) is 2.45. The summed E-state index contributed by atoms with van der Waals surface area (Å²) in [6.07, 6.45) is 1.23. The molecule has 0 spiro atoms. The predicted octanol–water partition coefficient (Wildman–Crippen LogP) is 3.36. The van der Waals surface area contributed by atoms with Crippen molar-refractivity contribution in [1.82, 2.24) is 9.97 Å². The maximum absolute atomic E-state index is 12.5. The third-order valence-corrected chi connectivity index (χ3v) is 4.11. The van der Waals surface area contributed by atoms with Crippen molar-refractivity contribution in [3.8, 4) is 22.9 Å². The van der Waals surface area contributed by atoms with E-state index in [1.165, 1.54) is 32.5 Å². The van der Waals surface area contributed by atoms with Crippen molar-refractivity contribution in [3.05, 3.63) is 69.6 Å². The number of aromatic amines is 1. The monoisotopic (exact) mass is 385 g/mol. The van der Waals surface area contributed by atoms with Crippen LogP contribution in [0.15, 0.2) is 53.5 Å². The van der Waals surface area contributed by atoms with Gasteiger partial charge in [-0.2, -0.15) is 0 Å². The normalized spacial score (nSPS) is 10.3. The quantitative estimate of drug-likeness (QED) is 0.702. The van der Waals surface area contributed by atoms with Gasteiger partial charge in [0.15, 0.2) is 0 Å². The zero-order valence-electron chi connectivity index (χ0n) is 14.6. The SMILES string of the molecule is COc1cc(NC(=O)c2cnc(-c3ccccc3)[nH]c2=O)c(OC)cc1Cl. The molecule has 138 valence electrons. The lowest BCUT2D eigenvalue weighted by Gasteiger charge is -2.13. The van der Waals surface area contributed by atoms with Crippen LogP contribution in [0.2, 0.25) is 5.02 Å². The minimum Gasteiger partial charge on any atom is -0.495 e. The number of hydrogen-bond acceptors (Lipinski definition) is 5. The molecule has 1 amide bonds. The third-order valence-electron chi connectivity index (χ3n) is 3.81. The Balaban J connectivity index is 1.90. The Bertz CT molecular complexity index is 1030. The number of methoxy groups -OCH3 is 2. The van der Waals surface area contributed by atoms with E-state index in [9.17, 15) is 9.59 Å². The Morgan fingerprint density at radius 1 is 1.11 bits per heavy atom. The first-order chi connectivity index (χ1) is 13.0. The zero-order valence-corrected chi connectivity index (χ0v) is 15.3. The highest BCUT2D eigenvalue weighted by Gasteiger charge is 2.17. The van der Waals surface area contributed by atoms with E-state index in [2.05, 4.69) is 15.3 Å². The number of hydrogen-bond donors (Lipinski definition) is 2. The molecule has 2 N–H and O–H groups in total. The van der Waals surface area contributed by atoms with Crippen LogP contribution in [0.25, 0.3) is 11.4 Å². The van der Waals surface area contributed by atoms with Gasteiger partial charge in [0.1, 0.15) is 22.9 Å². The molecule has 0 saturated carbocycles. The Morgan fingerprint density at radius 2 is 1.81 bits per heavy atom. The number of carbonyl (C=O) groups is 1. The van der Waals surface area contributed by atoms with Crippen LogP contribution in [-0.2, 0) is 0 Å². The number of carbonyl (C=O) groups excluding carboxylic acids is 1. The molecule has 1 aromatic heterocycles. The molecular formula is C19H16ClN3O4. The van der Waals surface area contributed by atoms with Gasteiger partial charge in [-0.1, -0.05) is 41.9 Å². The Kier molecular flexibility index (Phi) is 5.42. The van der Waals surface area contributed by atoms with Gasteiger partial charge in [0.2, 0.25) is 0 Å². The molecule has 27 heavy (non-hydrogen) atoms. The van der Waals surface area contributed by atoms with E-state index in [1.807, 2.05) is 30.3 Å². The molecule has 0 radical (unpaired) electrons. The summed E-state index contributed by atoms with van der Waals surface area (Å²) in [6.45, 7) is 0. The number of ether oxygens (including phenoxy) is 2. The lowest BCUT2D eigenvalue weighted by atomic mass is 10.2. The molecule has 0 bridgehead atoms. The van der Waals surface area contributed by atoms with Crippen LogP contribution in [0, 0.1) is 0 Å². The van der Waals surface area contributed by atoms with Gasteiger partial charge in [-0.3, -0.25) is 9.59 Å². The number of benzene rings is 2. The van der Waals surface area contributed by atoms with Gasteiger partial charge in [-0.25, -0.2) is 4.98 Å². The molecule has 0 atom stereocenters. The lowest BCUT2D eigenvalue weighted by molar-refractivity contribution is 0.102. The Hall–Kier alpha value is -3.32. The van der Waals surface area contributed by atoms with Gasteiger partial charge >= 0.3 is 0 Å². The number of nitrogens with one attached hydrogen (secondary N) is 2. The summed E-state index contributed by atoms with van der Waals surface area (Å²) in [4.78, 5) is 31.7. The molecule has 3 aromatic rings. The molecule has 7 nitrogen and oxygen atoms in total. The second kappa shape index (κ2) is 7.92. The summed E-state index contributed by atoms with van der Waals surface area (Å²) in [5, 5.41) is 2.95. The van der Waals surface area contributed by atoms with Crippen LogP contribution in [0.5, 0.6) is 11.5 Å². The van der Waals surface area contributed by atoms with Crippen molar-refractivity contribution in [1.29, 1.82) is 0 Å². The number of amides is 1. The van der Waals surface area contributed by atoms with Gasteiger partial charge in [-0.15, -0.1) is 0 Å². The first-order valence-corrected chi connectivity index (χ1v) is 8.29. The topological polar surface area (TPSA) is 93.3 Å². The van der Waals surface area contributed by atoms with Gasteiger partial charge in [0, 0.05) is 23.9 Å². The molecule has 0 fully saturated rings. The van der Waals surface area contributed by atoms with E-state index in [-0.39, 0.29) is 5.56 Å². The molecule has 2 aromatic carbocycles. The maximum atomic E-state index is 12.5. The zero-order chi connectivity index (χ0) is 19.4. The van der Waals surface area contributed by atoms with Crippen LogP contribution >= 0.6 is 11.6 Å². The van der Waals surface area contributed by atoms with Gasteiger partial charge in [0.25, 0.3) is 11.5 Å². The molecule has 8 heteroatoms. The van der Waals surface area contributed by atoms with Crippen molar-refractivity contribution in [2.45, 2.75) is 0 Å². The second-order valence-electron chi connectivity index (χ2n) is 5.48. The summed E-state index contributed by atoms with van der Waals surface area (Å²) in [7, 11) is 2.90. The highest BCUT2D eigenvalue weighted by molar-refractivity contribution is 6.32. The van der Waals surface area contributed by atoms with Gasteiger partial charge in [-0.05, 0) is 0 Å². The van der Waals surface area contributed by atoms with Crippen LogP contribution in [0.3, 0.4) is 0 Å². The van der Waals surface area contributed by atoms with E-state index in [4.69, 9.17) is 21.1 Å². The number of H-pyrrole nitrogens is 1. The van der Waals surface area contributed by atoms with Crippen molar-refractivity contribution in [2.24, 2.45) is 0 Å². The smallest absolute Gasteiger partial charge is 0.264 e. The molecule has 0 unspecified atom stereocenters. The van der Waals surface area contributed by atoms with E-state index in [0.29, 0.717) is 28.0 Å². The minimum absolute atomic E-state index is 0.134. The van der Waals surface area contributed by atoms with E-state index in [0.717, 1.165) is 5.56 Å². The summed E-state index contributed by atoms with van der Waals surface area (Å²) < 4.78 is 10.4. The number of rotatable bonds is 5. The molecule has 3 rings (SSSR count). The molecule has 0 saturated heterocycles. The minimum atomic E-state index is -0.633. The number of aromatic nitrogens is 2.